The molecule has 1 amide bonds. The van der Waals surface area contributed by atoms with Crippen LogP contribution in [-0.4, -0.2) is 21.5 Å². The van der Waals surface area contributed by atoms with Crippen LogP contribution in [0.5, 0.6) is 0 Å². The fraction of sp³-hybridized carbons (Fsp3) is 0.458. The van der Waals surface area contributed by atoms with Gasteiger partial charge in [-0.15, -0.1) is 11.3 Å². The van der Waals surface area contributed by atoms with Gasteiger partial charge in [0.25, 0.3) is 5.56 Å². The first kappa shape index (κ1) is 20.8. The average molecular weight is 454 g/mol. The zero-order valence-corrected chi connectivity index (χ0v) is 19.5. The molecule has 5 nitrogen and oxygen atoms in total. The number of nitrogens with zero attached hydrogens (tertiary/aromatic N) is 2. The highest BCUT2D eigenvalue weighted by Gasteiger charge is 2.31. The molecule has 1 aromatic carbocycles. The number of thioether (sulfide) groups is 1. The largest absolute Gasteiger partial charge is 0.352 e. The smallest absolute Gasteiger partial charge is 0.263 e. The van der Waals surface area contributed by atoms with Gasteiger partial charge in [-0.2, -0.15) is 0 Å². The van der Waals surface area contributed by atoms with Crippen LogP contribution in [0.2, 0.25) is 0 Å². The Morgan fingerprint density at radius 3 is 2.74 bits per heavy atom. The fourth-order valence-electron chi connectivity index (χ4n) is 4.19. The van der Waals surface area contributed by atoms with E-state index in [0.29, 0.717) is 17.6 Å². The number of carbonyl (C=O) groups excluding carboxylic acids is 1. The number of carbonyl (C=O) groups is 1. The summed E-state index contributed by atoms with van der Waals surface area (Å²) in [5, 5.41) is 4.16. The quantitative estimate of drug-likeness (QED) is 0.415. The van der Waals surface area contributed by atoms with Gasteiger partial charge in [-0.3, -0.25) is 14.2 Å². The molecule has 1 N–H and O–H groups in total. The molecule has 0 saturated heterocycles. The summed E-state index contributed by atoms with van der Waals surface area (Å²) in [6, 6.07) is 10.1. The predicted octanol–water partition coefficient (Wildman–Crippen LogP) is 4.71. The van der Waals surface area contributed by atoms with Gasteiger partial charge in [0.05, 0.1) is 5.39 Å². The van der Waals surface area contributed by atoms with Crippen LogP contribution >= 0.6 is 23.1 Å². The van der Waals surface area contributed by atoms with Gasteiger partial charge in [0.2, 0.25) is 5.91 Å². The maximum Gasteiger partial charge on any atom is 0.263 e. The molecule has 0 bridgehead atoms. The van der Waals surface area contributed by atoms with E-state index in [9.17, 15) is 9.59 Å². The SMILES string of the molecule is CC(C)Cn1c(SC(C(=O)NC2CC2)c2ccccc2)nc2sc3c(c2c1=O)CCC3. The van der Waals surface area contributed by atoms with Gasteiger partial charge < -0.3 is 5.32 Å². The monoisotopic (exact) mass is 453 g/mol. The summed E-state index contributed by atoms with van der Waals surface area (Å²) in [5.74, 6) is 0.302. The number of nitrogens with one attached hydrogen (secondary N) is 1. The van der Waals surface area contributed by atoms with Crippen molar-refractivity contribution in [1.29, 1.82) is 0 Å². The molecule has 3 aromatic rings. The molecule has 1 atom stereocenters. The van der Waals surface area contributed by atoms with Crippen molar-refractivity contribution in [2.24, 2.45) is 5.92 Å². The Morgan fingerprint density at radius 2 is 2.03 bits per heavy atom. The summed E-state index contributed by atoms with van der Waals surface area (Å²) in [5.41, 5.74) is 2.19. The minimum atomic E-state index is -0.434. The van der Waals surface area contributed by atoms with E-state index in [4.69, 9.17) is 4.98 Å². The van der Waals surface area contributed by atoms with Crippen molar-refractivity contribution in [2.45, 2.75) is 68.9 Å². The Balaban J connectivity index is 1.59. The van der Waals surface area contributed by atoms with Gasteiger partial charge >= 0.3 is 0 Å². The van der Waals surface area contributed by atoms with Crippen LogP contribution in [0.4, 0.5) is 0 Å². The summed E-state index contributed by atoms with van der Waals surface area (Å²) >= 11 is 3.06. The van der Waals surface area contributed by atoms with Crippen molar-refractivity contribution < 1.29 is 4.79 Å². The lowest BCUT2D eigenvalue weighted by Crippen LogP contribution is -2.31. The first-order valence-electron chi connectivity index (χ1n) is 11.1. The maximum absolute atomic E-state index is 13.6. The summed E-state index contributed by atoms with van der Waals surface area (Å²) in [4.78, 5) is 33.8. The number of rotatable bonds is 7. The van der Waals surface area contributed by atoms with Crippen molar-refractivity contribution in [3.05, 3.63) is 56.7 Å². The number of hydrogen-bond acceptors (Lipinski definition) is 5. The summed E-state index contributed by atoms with van der Waals surface area (Å²) in [6.45, 7) is 4.82. The van der Waals surface area contributed by atoms with Crippen molar-refractivity contribution >= 4 is 39.2 Å². The second-order valence-electron chi connectivity index (χ2n) is 8.93. The second-order valence-corrected chi connectivity index (χ2v) is 11.1. The van der Waals surface area contributed by atoms with Gasteiger partial charge in [0.1, 0.15) is 10.1 Å². The Labute approximate surface area is 190 Å². The molecule has 2 aliphatic rings. The van der Waals surface area contributed by atoms with E-state index in [1.165, 1.54) is 22.2 Å². The number of benzene rings is 1. The van der Waals surface area contributed by atoms with Crippen LogP contribution in [0, 0.1) is 5.92 Å². The first-order chi connectivity index (χ1) is 15.0. The number of aromatic nitrogens is 2. The molecule has 5 rings (SSSR count). The molecule has 1 unspecified atom stereocenters. The minimum absolute atomic E-state index is 0.00202. The lowest BCUT2D eigenvalue weighted by atomic mass is 10.1. The number of aryl methyl sites for hydroxylation is 2. The highest BCUT2D eigenvalue weighted by molar-refractivity contribution is 8.00. The molecular formula is C24H27N3O2S2. The van der Waals surface area contributed by atoms with Crippen LogP contribution in [0.1, 0.15) is 54.4 Å². The molecule has 0 radical (unpaired) electrons. The molecule has 162 valence electrons. The molecule has 0 spiro atoms. The molecule has 7 heteroatoms. The summed E-state index contributed by atoms with van der Waals surface area (Å²) in [7, 11) is 0. The van der Waals surface area contributed by atoms with Crippen LogP contribution in [0.15, 0.2) is 40.3 Å². The Kier molecular flexibility index (Phi) is 5.65. The van der Waals surface area contributed by atoms with Gasteiger partial charge in [-0.05, 0) is 49.1 Å². The first-order valence-corrected chi connectivity index (χ1v) is 12.8. The standard InChI is InChI=1S/C24H27N3O2S2/c1-14(2)13-27-23(29)19-17-9-6-10-18(17)30-22(19)26-24(27)31-20(15-7-4-3-5-8-15)21(28)25-16-11-12-16/h3-5,7-8,14,16,20H,6,9-13H2,1-2H3,(H,25,28). The number of thiophene rings is 1. The lowest BCUT2D eigenvalue weighted by Gasteiger charge is -2.20. The van der Waals surface area contributed by atoms with Crippen LogP contribution in [0.25, 0.3) is 10.2 Å². The molecule has 2 heterocycles. The van der Waals surface area contributed by atoms with E-state index in [-0.39, 0.29) is 17.5 Å². The van der Waals surface area contributed by atoms with E-state index in [0.717, 1.165) is 47.9 Å². The minimum Gasteiger partial charge on any atom is -0.352 e. The highest BCUT2D eigenvalue weighted by Crippen LogP contribution is 2.39. The number of hydrogen-bond donors (Lipinski definition) is 1. The van der Waals surface area contributed by atoms with E-state index in [1.54, 1.807) is 11.3 Å². The molecule has 2 aliphatic carbocycles. The molecule has 1 saturated carbocycles. The van der Waals surface area contributed by atoms with E-state index < -0.39 is 5.25 Å². The molecule has 0 aliphatic heterocycles. The van der Waals surface area contributed by atoms with Crippen molar-refractivity contribution in [3.63, 3.8) is 0 Å². The Morgan fingerprint density at radius 1 is 1.26 bits per heavy atom. The normalized spacial score (nSPS) is 16.6. The van der Waals surface area contributed by atoms with E-state index in [2.05, 4.69) is 19.2 Å². The van der Waals surface area contributed by atoms with Gasteiger partial charge in [-0.25, -0.2) is 4.98 Å². The average Bonchev–Trinajstić information content (AvgIpc) is 3.32. The third-order valence-electron chi connectivity index (χ3n) is 5.83. The topological polar surface area (TPSA) is 64.0 Å². The van der Waals surface area contributed by atoms with Gasteiger partial charge in [0, 0.05) is 17.5 Å². The van der Waals surface area contributed by atoms with E-state index in [1.807, 2.05) is 34.9 Å². The Hall–Kier alpha value is -2.12. The van der Waals surface area contributed by atoms with Gasteiger partial charge in [0.15, 0.2) is 5.16 Å². The Bertz CT molecular complexity index is 1180. The maximum atomic E-state index is 13.6. The molecule has 31 heavy (non-hydrogen) atoms. The number of fused-ring (bicyclic) bond motifs is 3. The highest BCUT2D eigenvalue weighted by atomic mass is 32.2. The third-order valence-corrected chi connectivity index (χ3v) is 8.26. The lowest BCUT2D eigenvalue weighted by molar-refractivity contribution is -0.120. The van der Waals surface area contributed by atoms with Crippen molar-refractivity contribution in [3.8, 4) is 0 Å². The second kappa shape index (κ2) is 8.43. The number of amides is 1. The van der Waals surface area contributed by atoms with Gasteiger partial charge in [-0.1, -0.05) is 55.9 Å². The zero-order valence-electron chi connectivity index (χ0n) is 17.9. The van der Waals surface area contributed by atoms with Crippen LogP contribution in [-0.2, 0) is 24.2 Å². The molecular weight excluding hydrogens is 426 g/mol. The molecule has 2 aromatic heterocycles. The van der Waals surface area contributed by atoms with Crippen LogP contribution in [0.3, 0.4) is 0 Å². The third kappa shape index (κ3) is 4.17. The summed E-state index contributed by atoms with van der Waals surface area (Å²) < 4.78 is 1.81. The van der Waals surface area contributed by atoms with Crippen molar-refractivity contribution in [2.75, 3.05) is 0 Å². The van der Waals surface area contributed by atoms with E-state index >= 15 is 0 Å². The predicted molar refractivity (Wildman–Crippen MR) is 127 cm³/mol. The van der Waals surface area contributed by atoms with Crippen LogP contribution < -0.4 is 10.9 Å². The fourth-order valence-corrected chi connectivity index (χ4v) is 6.60. The molecule has 1 fully saturated rings. The van der Waals surface area contributed by atoms with Crippen molar-refractivity contribution in [1.82, 2.24) is 14.9 Å². The summed E-state index contributed by atoms with van der Waals surface area (Å²) in [6.07, 6.45) is 5.21. The zero-order chi connectivity index (χ0) is 21.5.